The predicted octanol–water partition coefficient (Wildman–Crippen LogP) is 3.47. The zero-order valence-electron chi connectivity index (χ0n) is 12.1. The average molecular weight is 336 g/mol. The van der Waals surface area contributed by atoms with Crippen LogP contribution in [0.15, 0.2) is 30.3 Å². The molecule has 22 heavy (non-hydrogen) atoms. The van der Waals surface area contributed by atoms with Crippen molar-refractivity contribution in [3.8, 4) is 0 Å². The molecule has 1 aliphatic heterocycles. The minimum atomic E-state index is -1.06. The average Bonchev–Trinajstić information content (AvgIpc) is 3.02. The van der Waals surface area contributed by atoms with Gasteiger partial charge in [-0.1, -0.05) is 30.7 Å². The van der Waals surface area contributed by atoms with Gasteiger partial charge >= 0.3 is 6.03 Å². The third-order valence-electron chi connectivity index (χ3n) is 3.79. The molecule has 1 aromatic heterocycles. The van der Waals surface area contributed by atoms with Gasteiger partial charge in [-0.05, 0) is 48.6 Å². The van der Waals surface area contributed by atoms with Gasteiger partial charge in [-0.15, -0.1) is 0 Å². The number of hydrogen-bond donors (Lipinski definition) is 1. The molecule has 0 aliphatic carbocycles. The molecule has 3 amide bonds. The molecule has 1 aliphatic rings. The molecule has 1 aromatic carbocycles. The Kier molecular flexibility index (Phi) is 3.66. The number of imide groups is 1. The number of amides is 3. The van der Waals surface area contributed by atoms with Crippen LogP contribution in [0.25, 0.3) is 0 Å². The van der Waals surface area contributed by atoms with Crippen LogP contribution in [-0.2, 0) is 10.3 Å². The topological polar surface area (TPSA) is 62.3 Å². The van der Waals surface area contributed by atoms with E-state index in [2.05, 4.69) is 9.69 Å². The van der Waals surface area contributed by atoms with Crippen LogP contribution >= 0.6 is 23.1 Å². The Morgan fingerprint density at radius 3 is 2.55 bits per heavy atom. The van der Waals surface area contributed by atoms with Gasteiger partial charge in [-0.3, -0.25) is 4.79 Å². The van der Waals surface area contributed by atoms with Gasteiger partial charge in [0.15, 0.2) is 0 Å². The van der Waals surface area contributed by atoms with E-state index in [0.29, 0.717) is 16.4 Å². The maximum Gasteiger partial charge on any atom is 0.330 e. The Balaban J connectivity index is 2.05. The van der Waals surface area contributed by atoms with Crippen molar-refractivity contribution in [2.45, 2.75) is 25.8 Å². The highest BCUT2D eigenvalue weighted by Crippen LogP contribution is 2.36. The molecule has 1 N–H and O–H groups in total. The maximum absolute atomic E-state index is 13.0. The number of carbonyl (C=O) groups excluding carboxylic acids is 2. The lowest BCUT2D eigenvalue weighted by atomic mass is 9.87. The van der Waals surface area contributed by atoms with Crippen molar-refractivity contribution >= 4 is 40.1 Å². The first-order chi connectivity index (χ1) is 10.5. The summed E-state index contributed by atoms with van der Waals surface area (Å²) < 4.78 is 4.14. The minimum Gasteiger partial charge on any atom is -0.319 e. The lowest BCUT2D eigenvalue weighted by Gasteiger charge is -2.25. The molecule has 1 fully saturated rings. The number of hydrogen-bond acceptors (Lipinski definition) is 4. The number of nitrogens with zero attached hydrogens (tertiary/aromatic N) is 2. The van der Waals surface area contributed by atoms with Crippen molar-refractivity contribution in [1.29, 1.82) is 0 Å². The summed E-state index contributed by atoms with van der Waals surface area (Å²) >= 11 is 7.05. The fourth-order valence-corrected chi connectivity index (χ4v) is 3.49. The lowest BCUT2D eigenvalue weighted by molar-refractivity contribution is -0.122. The van der Waals surface area contributed by atoms with Crippen LogP contribution in [0.2, 0.25) is 5.02 Å². The van der Waals surface area contributed by atoms with Gasteiger partial charge in [-0.25, -0.2) is 9.69 Å². The Morgan fingerprint density at radius 1 is 1.32 bits per heavy atom. The van der Waals surface area contributed by atoms with Gasteiger partial charge in [0.1, 0.15) is 10.5 Å². The van der Waals surface area contributed by atoms with Crippen molar-refractivity contribution in [1.82, 2.24) is 9.69 Å². The molecule has 3 rings (SSSR count). The molecule has 7 heteroatoms. The number of nitrogens with one attached hydrogen (secondary N) is 1. The van der Waals surface area contributed by atoms with Crippen molar-refractivity contribution < 1.29 is 9.59 Å². The summed E-state index contributed by atoms with van der Waals surface area (Å²) in [6, 6.07) is 8.28. The van der Waals surface area contributed by atoms with Crippen LogP contribution in [0, 0.1) is 6.92 Å². The summed E-state index contributed by atoms with van der Waals surface area (Å²) in [6.45, 7) is 3.69. The van der Waals surface area contributed by atoms with Crippen molar-refractivity contribution in [2.75, 3.05) is 4.90 Å². The van der Waals surface area contributed by atoms with Crippen LogP contribution < -0.4 is 10.2 Å². The first kappa shape index (κ1) is 15.0. The number of halogens is 1. The highest BCUT2D eigenvalue weighted by Gasteiger charge is 2.52. The van der Waals surface area contributed by atoms with Gasteiger partial charge in [0.25, 0.3) is 5.91 Å². The standard InChI is InChI=1S/C15H14ClN3O2S/c1-3-15(10-4-6-11(16)7-5-10)13(20)19(14(21)17-15)12-8-9(2)18-22-12/h4-8H,3H2,1-2H3,(H,17,21). The molecular formula is C15H14ClN3O2S. The first-order valence-corrected chi connectivity index (χ1v) is 7.99. The third-order valence-corrected chi connectivity index (χ3v) is 4.91. The highest BCUT2D eigenvalue weighted by atomic mass is 35.5. The molecule has 2 aromatic rings. The van der Waals surface area contributed by atoms with E-state index in [1.54, 1.807) is 30.3 Å². The predicted molar refractivity (Wildman–Crippen MR) is 86.3 cm³/mol. The summed E-state index contributed by atoms with van der Waals surface area (Å²) in [5.41, 5.74) is 0.446. The van der Waals surface area contributed by atoms with Crippen LogP contribution in [0.4, 0.5) is 9.80 Å². The van der Waals surface area contributed by atoms with E-state index in [9.17, 15) is 9.59 Å². The zero-order valence-corrected chi connectivity index (χ0v) is 13.7. The number of anilines is 1. The van der Waals surface area contributed by atoms with Crippen LogP contribution in [-0.4, -0.2) is 16.3 Å². The smallest absolute Gasteiger partial charge is 0.319 e. The molecule has 1 atom stereocenters. The molecule has 114 valence electrons. The van der Waals surface area contributed by atoms with Gasteiger partial charge in [0.2, 0.25) is 0 Å². The molecule has 0 bridgehead atoms. The zero-order chi connectivity index (χ0) is 15.9. The summed E-state index contributed by atoms with van der Waals surface area (Å²) in [4.78, 5) is 26.5. The number of aryl methyl sites for hydroxylation is 1. The van der Waals surface area contributed by atoms with Crippen molar-refractivity contribution in [3.05, 3.63) is 46.6 Å². The fraction of sp³-hybridized carbons (Fsp3) is 0.267. The van der Waals surface area contributed by atoms with Gasteiger partial charge < -0.3 is 5.32 Å². The second kappa shape index (κ2) is 5.37. The summed E-state index contributed by atoms with van der Waals surface area (Å²) in [5, 5.41) is 3.95. The Labute approximate surface area is 137 Å². The lowest BCUT2D eigenvalue weighted by Crippen LogP contribution is -2.43. The molecule has 1 saturated heterocycles. The largest absolute Gasteiger partial charge is 0.330 e. The monoisotopic (exact) mass is 335 g/mol. The number of rotatable bonds is 3. The van der Waals surface area contributed by atoms with Gasteiger partial charge in [0.05, 0.1) is 5.69 Å². The molecule has 0 spiro atoms. The van der Waals surface area contributed by atoms with Crippen LogP contribution in [0.1, 0.15) is 24.6 Å². The van der Waals surface area contributed by atoms with E-state index < -0.39 is 11.6 Å². The molecule has 2 heterocycles. The third kappa shape index (κ3) is 2.19. The molecular weight excluding hydrogens is 322 g/mol. The van der Waals surface area contributed by atoms with Gasteiger partial charge in [-0.2, -0.15) is 4.37 Å². The van der Waals surface area contributed by atoms with Crippen molar-refractivity contribution in [2.24, 2.45) is 0 Å². The Bertz CT molecular complexity index is 744. The maximum atomic E-state index is 13.0. The molecule has 0 saturated carbocycles. The van der Waals surface area contributed by atoms with E-state index in [4.69, 9.17) is 11.6 Å². The number of aromatic nitrogens is 1. The second-order valence-electron chi connectivity index (χ2n) is 5.14. The van der Waals surface area contributed by atoms with Gasteiger partial charge in [0, 0.05) is 5.02 Å². The van der Waals surface area contributed by atoms with E-state index >= 15 is 0 Å². The normalized spacial score (nSPS) is 21.3. The number of carbonyl (C=O) groups is 2. The van der Waals surface area contributed by atoms with E-state index in [1.165, 1.54) is 4.90 Å². The fourth-order valence-electron chi connectivity index (χ4n) is 2.60. The summed E-state index contributed by atoms with van der Waals surface area (Å²) in [7, 11) is 0. The summed E-state index contributed by atoms with van der Waals surface area (Å²) in [6.07, 6.45) is 0.452. The highest BCUT2D eigenvalue weighted by molar-refractivity contribution is 7.10. The SMILES string of the molecule is CCC1(c2ccc(Cl)cc2)NC(=O)N(c2cc(C)ns2)C1=O. The quantitative estimate of drug-likeness (QED) is 0.874. The minimum absolute atomic E-state index is 0.286. The molecule has 1 unspecified atom stereocenters. The Hall–Kier alpha value is -1.92. The summed E-state index contributed by atoms with van der Waals surface area (Å²) in [5.74, 6) is -0.286. The second-order valence-corrected chi connectivity index (χ2v) is 6.36. The molecule has 0 radical (unpaired) electrons. The van der Waals surface area contributed by atoms with Crippen LogP contribution in [0.3, 0.4) is 0 Å². The van der Waals surface area contributed by atoms with E-state index in [0.717, 1.165) is 22.8 Å². The number of benzene rings is 1. The number of urea groups is 1. The Morgan fingerprint density at radius 2 is 2.00 bits per heavy atom. The first-order valence-electron chi connectivity index (χ1n) is 6.84. The van der Waals surface area contributed by atoms with E-state index in [-0.39, 0.29) is 5.91 Å². The van der Waals surface area contributed by atoms with Crippen LogP contribution in [0.5, 0.6) is 0 Å². The van der Waals surface area contributed by atoms with E-state index in [1.807, 2.05) is 13.8 Å². The van der Waals surface area contributed by atoms with Crippen molar-refractivity contribution in [3.63, 3.8) is 0 Å². The molecule has 5 nitrogen and oxygen atoms in total.